The zero-order valence-corrected chi connectivity index (χ0v) is 13.2. The molecule has 4 nitrogen and oxygen atoms in total. The molecule has 112 valence electrons. The lowest BCUT2D eigenvalue weighted by molar-refractivity contribution is 0.226. The molecule has 0 radical (unpaired) electrons. The van der Waals surface area contributed by atoms with Gasteiger partial charge < -0.3 is 19.7 Å². The Kier molecular flexibility index (Phi) is 5.52. The summed E-state index contributed by atoms with van der Waals surface area (Å²) in [4.78, 5) is 2.36. The van der Waals surface area contributed by atoms with Gasteiger partial charge in [0, 0.05) is 19.1 Å². The van der Waals surface area contributed by atoms with Gasteiger partial charge in [-0.1, -0.05) is 17.7 Å². The summed E-state index contributed by atoms with van der Waals surface area (Å²) >= 11 is 6.38. The van der Waals surface area contributed by atoms with Crippen LogP contribution in [0.2, 0.25) is 5.02 Å². The Morgan fingerprint density at radius 1 is 1.35 bits per heavy atom. The highest BCUT2D eigenvalue weighted by Crippen LogP contribution is 2.37. The van der Waals surface area contributed by atoms with Gasteiger partial charge in [-0.05, 0) is 38.1 Å². The molecule has 1 N–H and O–H groups in total. The molecular weight excluding hydrogens is 276 g/mol. The molecule has 2 rings (SSSR count). The van der Waals surface area contributed by atoms with E-state index in [1.165, 1.54) is 19.4 Å². The van der Waals surface area contributed by atoms with E-state index < -0.39 is 0 Å². The van der Waals surface area contributed by atoms with Crippen LogP contribution < -0.4 is 14.8 Å². The Hall–Kier alpha value is -0.970. The van der Waals surface area contributed by atoms with Crippen LogP contribution >= 0.6 is 11.6 Å². The predicted molar refractivity (Wildman–Crippen MR) is 81.9 cm³/mol. The lowest BCUT2D eigenvalue weighted by atomic mass is 10.1. The van der Waals surface area contributed by atoms with Crippen molar-refractivity contribution < 1.29 is 9.47 Å². The van der Waals surface area contributed by atoms with E-state index in [-0.39, 0.29) is 0 Å². The molecule has 0 aromatic heterocycles. The number of likely N-dealkylation sites (N-methyl/N-ethyl adjacent to an activating group) is 1. The third kappa shape index (κ3) is 3.57. The van der Waals surface area contributed by atoms with Gasteiger partial charge in [-0.3, -0.25) is 0 Å². The van der Waals surface area contributed by atoms with Crippen molar-refractivity contribution in [3.05, 3.63) is 22.7 Å². The summed E-state index contributed by atoms with van der Waals surface area (Å²) in [6.45, 7) is 3.03. The van der Waals surface area contributed by atoms with Gasteiger partial charge in [-0.15, -0.1) is 0 Å². The summed E-state index contributed by atoms with van der Waals surface area (Å²) in [6.07, 6.45) is 2.46. The second-order valence-electron chi connectivity index (χ2n) is 5.26. The zero-order chi connectivity index (χ0) is 14.5. The number of hydrogen-bond acceptors (Lipinski definition) is 4. The summed E-state index contributed by atoms with van der Waals surface area (Å²) in [5.41, 5.74) is 1.04. The maximum Gasteiger partial charge on any atom is 0.179 e. The third-order valence-corrected chi connectivity index (χ3v) is 4.19. The second-order valence-corrected chi connectivity index (χ2v) is 5.63. The van der Waals surface area contributed by atoms with Crippen molar-refractivity contribution in [3.63, 3.8) is 0 Å². The maximum atomic E-state index is 6.38. The summed E-state index contributed by atoms with van der Waals surface area (Å²) in [5.74, 6) is 1.27. The number of ether oxygens (including phenoxy) is 2. The molecule has 1 atom stereocenters. The number of hydrogen-bond donors (Lipinski definition) is 1. The normalized spacial score (nSPS) is 19.9. The van der Waals surface area contributed by atoms with Crippen LogP contribution in [0.25, 0.3) is 0 Å². The molecule has 1 aromatic carbocycles. The number of nitrogens with one attached hydrogen (secondary N) is 1. The average Bonchev–Trinajstić information content (AvgIpc) is 2.45. The van der Waals surface area contributed by atoms with Crippen LogP contribution in [0.4, 0.5) is 0 Å². The number of nitrogens with zero attached hydrogens (tertiary/aromatic N) is 1. The van der Waals surface area contributed by atoms with Crippen LogP contribution in [0.3, 0.4) is 0 Å². The Labute approximate surface area is 126 Å². The average molecular weight is 299 g/mol. The van der Waals surface area contributed by atoms with Gasteiger partial charge in [-0.2, -0.15) is 0 Å². The van der Waals surface area contributed by atoms with Crippen molar-refractivity contribution in [2.24, 2.45) is 0 Å². The molecule has 1 unspecified atom stereocenters. The fourth-order valence-electron chi connectivity index (χ4n) is 2.65. The first kappa shape index (κ1) is 15.4. The van der Waals surface area contributed by atoms with Gasteiger partial charge in [0.05, 0.1) is 19.2 Å². The number of benzene rings is 1. The minimum atomic E-state index is 0.526. The van der Waals surface area contributed by atoms with Crippen LogP contribution in [-0.4, -0.2) is 45.3 Å². The van der Waals surface area contributed by atoms with Crippen molar-refractivity contribution in [1.29, 1.82) is 0 Å². The van der Waals surface area contributed by atoms with Crippen molar-refractivity contribution in [2.45, 2.75) is 25.4 Å². The minimum Gasteiger partial charge on any atom is -0.493 e. The van der Waals surface area contributed by atoms with Crippen molar-refractivity contribution >= 4 is 11.6 Å². The van der Waals surface area contributed by atoms with Gasteiger partial charge >= 0.3 is 0 Å². The molecule has 1 aliphatic rings. The van der Waals surface area contributed by atoms with Gasteiger partial charge in [0.15, 0.2) is 11.5 Å². The number of piperidine rings is 1. The van der Waals surface area contributed by atoms with Crippen LogP contribution in [0, 0.1) is 0 Å². The first-order chi connectivity index (χ1) is 9.65. The highest BCUT2D eigenvalue weighted by atomic mass is 35.5. The smallest absolute Gasteiger partial charge is 0.179 e. The van der Waals surface area contributed by atoms with Crippen LogP contribution in [0.15, 0.2) is 12.1 Å². The van der Waals surface area contributed by atoms with E-state index in [0.717, 1.165) is 18.7 Å². The molecule has 1 saturated heterocycles. The minimum absolute atomic E-state index is 0.526. The lowest BCUT2D eigenvalue weighted by Crippen LogP contribution is -2.43. The molecule has 20 heavy (non-hydrogen) atoms. The highest BCUT2D eigenvalue weighted by molar-refractivity contribution is 6.33. The predicted octanol–water partition coefficient (Wildman–Crippen LogP) is 2.54. The van der Waals surface area contributed by atoms with Gasteiger partial charge in [0.25, 0.3) is 0 Å². The summed E-state index contributed by atoms with van der Waals surface area (Å²) in [7, 11) is 5.39. The van der Waals surface area contributed by atoms with Crippen LogP contribution in [0.5, 0.6) is 11.5 Å². The number of likely N-dealkylation sites (tertiary alicyclic amines) is 1. The number of halogens is 1. The van der Waals surface area contributed by atoms with E-state index in [9.17, 15) is 0 Å². The molecule has 0 bridgehead atoms. The van der Waals surface area contributed by atoms with Gasteiger partial charge in [0.2, 0.25) is 0 Å². The first-order valence-corrected chi connectivity index (χ1v) is 7.34. The quantitative estimate of drug-likeness (QED) is 0.906. The zero-order valence-electron chi connectivity index (χ0n) is 12.4. The van der Waals surface area contributed by atoms with Gasteiger partial charge in [0.1, 0.15) is 0 Å². The summed E-state index contributed by atoms with van der Waals surface area (Å²) in [6, 6.07) is 4.41. The second kappa shape index (κ2) is 7.16. The molecule has 5 heteroatoms. The van der Waals surface area contributed by atoms with Crippen molar-refractivity contribution in [1.82, 2.24) is 10.2 Å². The van der Waals surface area contributed by atoms with E-state index in [1.807, 2.05) is 12.1 Å². The molecule has 1 aliphatic heterocycles. The Balaban J connectivity index is 2.02. The van der Waals surface area contributed by atoms with Crippen molar-refractivity contribution in [3.8, 4) is 11.5 Å². The van der Waals surface area contributed by atoms with Crippen molar-refractivity contribution in [2.75, 3.05) is 34.4 Å². The summed E-state index contributed by atoms with van der Waals surface area (Å²) < 4.78 is 10.6. The van der Waals surface area contributed by atoms with Crippen LogP contribution in [0.1, 0.15) is 18.4 Å². The summed E-state index contributed by atoms with van der Waals surface area (Å²) in [5, 5.41) is 4.20. The number of rotatable bonds is 5. The lowest BCUT2D eigenvalue weighted by Gasteiger charge is -2.30. The molecule has 0 aliphatic carbocycles. The standard InChI is InChI=1S/C15H23ClN2O2/c1-18-8-4-5-12(10-18)17-9-11-6-7-13(19-2)15(20-3)14(11)16/h6-7,12,17H,4-5,8-10H2,1-3H3. The SMILES string of the molecule is COc1ccc(CNC2CCCN(C)C2)c(Cl)c1OC. The molecule has 1 aromatic rings. The van der Waals surface area contributed by atoms with E-state index in [2.05, 4.69) is 17.3 Å². The fourth-order valence-corrected chi connectivity index (χ4v) is 2.95. The Morgan fingerprint density at radius 2 is 2.15 bits per heavy atom. The van der Waals surface area contributed by atoms with Gasteiger partial charge in [-0.25, -0.2) is 0 Å². The van der Waals surface area contributed by atoms with Crippen LogP contribution in [-0.2, 0) is 6.54 Å². The molecule has 0 saturated carbocycles. The molecule has 1 fully saturated rings. The Bertz CT molecular complexity index is 454. The third-order valence-electron chi connectivity index (χ3n) is 3.77. The van der Waals surface area contributed by atoms with E-state index in [0.29, 0.717) is 22.6 Å². The Morgan fingerprint density at radius 3 is 2.80 bits per heavy atom. The highest BCUT2D eigenvalue weighted by Gasteiger charge is 2.18. The first-order valence-electron chi connectivity index (χ1n) is 6.97. The molecule has 0 spiro atoms. The van der Waals surface area contributed by atoms with E-state index >= 15 is 0 Å². The number of methoxy groups -OCH3 is 2. The van der Waals surface area contributed by atoms with E-state index in [1.54, 1.807) is 14.2 Å². The van der Waals surface area contributed by atoms with E-state index in [4.69, 9.17) is 21.1 Å². The monoisotopic (exact) mass is 298 g/mol. The fraction of sp³-hybridized carbons (Fsp3) is 0.600. The topological polar surface area (TPSA) is 33.7 Å². The molecule has 1 heterocycles. The maximum absolute atomic E-state index is 6.38. The molecule has 0 amide bonds. The molecular formula is C15H23ClN2O2. The largest absolute Gasteiger partial charge is 0.493 e.